The highest BCUT2D eigenvalue weighted by atomic mass is 16.4. The third-order valence-corrected chi connectivity index (χ3v) is 2.77. The minimum Gasteiger partial charge on any atom is -0.409 e. The van der Waals surface area contributed by atoms with Crippen molar-refractivity contribution < 1.29 is 10.0 Å². The molecule has 0 aliphatic carbocycles. The first-order valence-electron chi connectivity index (χ1n) is 5.97. The first kappa shape index (κ1) is 14.9. The van der Waals surface area contributed by atoms with Crippen LogP contribution in [0.4, 0.5) is 0 Å². The number of carbonyl (C=O) groups excluding carboxylic acids is 1. The predicted molar refractivity (Wildman–Crippen MR) is 69.3 cm³/mol. The summed E-state index contributed by atoms with van der Waals surface area (Å²) in [6.45, 7) is 5.73. The Morgan fingerprint density at radius 1 is 1.58 bits per heavy atom. The molecule has 0 saturated heterocycles. The molecule has 8 heteroatoms. The molecule has 1 aromatic heterocycles. The maximum atomic E-state index is 12.3. The average molecular weight is 268 g/mol. The van der Waals surface area contributed by atoms with Gasteiger partial charge in [0.05, 0.1) is 6.54 Å². The lowest BCUT2D eigenvalue weighted by atomic mass is 9.93. The Morgan fingerprint density at radius 3 is 2.63 bits per heavy atom. The molecule has 0 aliphatic heterocycles. The predicted octanol–water partition coefficient (Wildman–Crippen LogP) is 0.0901. The van der Waals surface area contributed by atoms with Gasteiger partial charge < -0.3 is 15.8 Å². The molecular weight excluding hydrogens is 248 g/mol. The molecule has 0 aromatic carbocycles. The van der Waals surface area contributed by atoms with Crippen LogP contribution in [0.3, 0.4) is 0 Å². The zero-order valence-electron chi connectivity index (χ0n) is 11.6. The lowest BCUT2D eigenvalue weighted by Crippen LogP contribution is -2.42. The summed E-state index contributed by atoms with van der Waals surface area (Å²) >= 11 is 0. The number of nitrogens with one attached hydrogen (secondary N) is 1. The van der Waals surface area contributed by atoms with Crippen LogP contribution in [0.15, 0.2) is 5.16 Å². The van der Waals surface area contributed by atoms with Crippen molar-refractivity contribution in [1.82, 2.24) is 20.1 Å². The molecular formula is C11H20N6O2. The monoisotopic (exact) mass is 268 g/mol. The number of amidine groups is 1. The van der Waals surface area contributed by atoms with Crippen molar-refractivity contribution in [2.45, 2.75) is 27.3 Å². The van der Waals surface area contributed by atoms with Crippen molar-refractivity contribution >= 4 is 11.7 Å². The molecule has 1 unspecified atom stereocenters. The fourth-order valence-corrected chi connectivity index (χ4v) is 1.80. The smallest absolute Gasteiger partial charge is 0.233 e. The molecule has 1 amide bonds. The molecule has 0 bridgehead atoms. The first-order chi connectivity index (χ1) is 8.86. The summed E-state index contributed by atoms with van der Waals surface area (Å²) in [7, 11) is 1.63. The molecule has 4 N–H and O–H groups in total. The summed E-state index contributed by atoms with van der Waals surface area (Å²) in [6, 6.07) is 0. The van der Waals surface area contributed by atoms with E-state index < -0.39 is 5.92 Å². The van der Waals surface area contributed by atoms with Crippen molar-refractivity contribution in [3.8, 4) is 0 Å². The van der Waals surface area contributed by atoms with Gasteiger partial charge >= 0.3 is 0 Å². The lowest BCUT2D eigenvalue weighted by molar-refractivity contribution is -0.133. The van der Waals surface area contributed by atoms with Crippen molar-refractivity contribution in [1.29, 1.82) is 0 Å². The van der Waals surface area contributed by atoms with Gasteiger partial charge in [0, 0.05) is 7.05 Å². The second-order valence-corrected chi connectivity index (χ2v) is 4.78. The summed E-state index contributed by atoms with van der Waals surface area (Å²) in [4.78, 5) is 17.9. The molecule has 106 valence electrons. The largest absolute Gasteiger partial charge is 0.409 e. The Balaban J connectivity index is 2.79. The van der Waals surface area contributed by atoms with Crippen LogP contribution in [0.2, 0.25) is 0 Å². The van der Waals surface area contributed by atoms with E-state index in [0.29, 0.717) is 11.6 Å². The number of hydrogen-bond donors (Lipinski definition) is 3. The van der Waals surface area contributed by atoms with Gasteiger partial charge in [0.25, 0.3) is 0 Å². The van der Waals surface area contributed by atoms with Crippen LogP contribution in [0.5, 0.6) is 0 Å². The summed E-state index contributed by atoms with van der Waals surface area (Å²) < 4.78 is 0. The maximum Gasteiger partial charge on any atom is 0.233 e. The molecule has 0 saturated carbocycles. The van der Waals surface area contributed by atoms with Crippen LogP contribution < -0.4 is 5.73 Å². The van der Waals surface area contributed by atoms with Crippen molar-refractivity contribution in [2.24, 2.45) is 22.7 Å². The van der Waals surface area contributed by atoms with Gasteiger partial charge in [-0.1, -0.05) is 19.0 Å². The van der Waals surface area contributed by atoms with Crippen molar-refractivity contribution in [3.05, 3.63) is 11.6 Å². The number of nitrogens with two attached hydrogens (primary N) is 1. The number of carbonyl (C=O) groups is 1. The van der Waals surface area contributed by atoms with E-state index in [2.05, 4.69) is 20.3 Å². The van der Waals surface area contributed by atoms with Gasteiger partial charge in [0.15, 0.2) is 11.7 Å². The molecule has 1 atom stereocenters. The van der Waals surface area contributed by atoms with E-state index in [1.54, 1.807) is 14.0 Å². The number of H-pyrrole nitrogens is 1. The second kappa shape index (κ2) is 6.17. The highest BCUT2D eigenvalue weighted by Gasteiger charge is 2.29. The van der Waals surface area contributed by atoms with E-state index in [9.17, 15) is 4.79 Å². The third-order valence-electron chi connectivity index (χ3n) is 2.77. The fourth-order valence-electron chi connectivity index (χ4n) is 1.80. The molecule has 1 rings (SSSR count). The molecule has 0 aliphatic rings. The number of aromatic amines is 1. The molecule has 0 fully saturated rings. The van der Waals surface area contributed by atoms with Crippen LogP contribution >= 0.6 is 0 Å². The van der Waals surface area contributed by atoms with E-state index in [1.807, 2.05) is 13.8 Å². The summed E-state index contributed by atoms with van der Waals surface area (Å²) in [5, 5.41) is 18.4. The van der Waals surface area contributed by atoms with Crippen LogP contribution in [0.1, 0.15) is 25.5 Å². The summed E-state index contributed by atoms with van der Waals surface area (Å²) in [6.07, 6.45) is 0. The second-order valence-electron chi connectivity index (χ2n) is 4.78. The number of nitrogens with zero attached hydrogens (tertiary/aromatic N) is 4. The Morgan fingerprint density at radius 2 is 2.21 bits per heavy atom. The Kier molecular flexibility index (Phi) is 4.85. The highest BCUT2D eigenvalue weighted by molar-refractivity contribution is 6.02. The fraction of sp³-hybridized carbons (Fsp3) is 0.636. The third kappa shape index (κ3) is 3.67. The van der Waals surface area contributed by atoms with E-state index in [-0.39, 0.29) is 24.2 Å². The number of rotatable bonds is 5. The minimum atomic E-state index is -0.657. The first-order valence-corrected chi connectivity index (χ1v) is 5.97. The molecule has 0 radical (unpaired) electrons. The number of hydrogen-bond acceptors (Lipinski definition) is 5. The topological polar surface area (TPSA) is 120 Å². The highest BCUT2D eigenvalue weighted by Crippen LogP contribution is 2.15. The standard InChI is InChI=1S/C11H20N6O2/c1-6(2)9(10(12)16-19)11(18)17(4)5-8-13-7(3)14-15-8/h6,9,19H,5H2,1-4H3,(H2,12,16)(H,13,14,15). The zero-order chi connectivity index (χ0) is 14.6. The normalized spacial score (nSPS) is 13.6. The van der Waals surface area contributed by atoms with Gasteiger partial charge in [-0.15, -0.1) is 0 Å². The SMILES string of the molecule is Cc1nc(CN(C)C(=O)C(C(N)=NO)C(C)C)n[nH]1. The van der Waals surface area contributed by atoms with Crippen LogP contribution in [0.25, 0.3) is 0 Å². The molecule has 8 nitrogen and oxygen atoms in total. The number of aromatic nitrogens is 3. The van der Waals surface area contributed by atoms with Crippen LogP contribution in [-0.4, -0.2) is 44.1 Å². The average Bonchev–Trinajstić information content (AvgIpc) is 2.73. The molecule has 19 heavy (non-hydrogen) atoms. The lowest BCUT2D eigenvalue weighted by Gasteiger charge is -2.24. The Bertz CT molecular complexity index is 468. The molecule has 0 spiro atoms. The molecule has 1 aromatic rings. The maximum absolute atomic E-state index is 12.3. The van der Waals surface area contributed by atoms with Gasteiger partial charge in [0.2, 0.25) is 5.91 Å². The van der Waals surface area contributed by atoms with E-state index in [0.717, 1.165) is 0 Å². The zero-order valence-corrected chi connectivity index (χ0v) is 11.6. The quantitative estimate of drug-likeness (QED) is 0.302. The van der Waals surface area contributed by atoms with Crippen LogP contribution in [0, 0.1) is 18.8 Å². The number of oxime groups is 1. The van der Waals surface area contributed by atoms with Gasteiger partial charge in [-0.25, -0.2) is 4.98 Å². The van der Waals surface area contributed by atoms with Gasteiger partial charge in [-0.05, 0) is 12.8 Å². The molecule has 1 heterocycles. The van der Waals surface area contributed by atoms with E-state index in [4.69, 9.17) is 10.9 Å². The Labute approximate surface area is 111 Å². The Hall–Kier alpha value is -2.12. The number of aryl methyl sites for hydroxylation is 1. The van der Waals surface area contributed by atoms with E-state index >= 15 is 0 Å². The summed E-state index contributed by atoms with van der Waals surface area (Å²) in [5.41, 5.74) is 5.57. The summed E-state index contributed by atoms with van der Waals surface area (Å²) in [5.74, 6) is 0.170. The van der Waals surface area contributed by atoms with Gasteiger partial charge in [0.1, 0.15) is 11.7 Å². The van der Waals surface area contributed by atoms with Crippen molar-refractivity contribution in [2.75, 3.05) is 7.05 Å². The van der Waals surface area contributed by atoms with Crippen LogP contribution in [-0.2, 0) is 11.3 Å². The van der Waals surface area contributed by atoms with Crippen molar-refractivity contribution in [3.63, 3.8) is 0 Å². The van der Waals surface area contributed by atoms with E-state index in [1.165, 1.54) is 4.90 Å². The number of amides is 1. The minimum absolute atomic E-state index is 0.0697. The van der Waals surface area contributed by atoms with Gasteiger partial charge in [-0.3, -0.25) is 9.89 Å². The van der Waals surface area contributed by atoms with Gasteiger partial charge in [-0.2, -0.15) is 5.10 Å².